The lowest BCUT2D eigenvalue weighted by Gasteiger charge is -2.13. The highest BCUT2D eigenvalue weighted by atomic mass is 16.3. The van der Waals surface area contributed by atoms with E-state index in [1.807, 2.05) is 0 Å². The van der Waals surface area contributed by atoms with Gasteiger partial charge in [0.1, 0.15) is 12.1 Å². The number of nitrogens with zero attached hydrogens (tertiary/aromatic N) is 3. The van der Waals surface area contributed by atoms with Gasteiger partial charge in [0.15, 0.2) is 6.23 Å². The van der Waals surface area contributed by atoms with Gasteiger partial charge in [-0.3, -0.25) is 0 Å². The predicted octanol–water partition coefficient (Wildman–Crippen LogP) is -0.0787. The lowest BCUT2D eigenvalue weighted by molar-refractivity contribution is 0.188. The summed E-state index contributed by atoms with van der Waals surface area (Å²) in [6.45, 7) is 0. The molecule has 1 aromatic heterocycles. The molecule has 5 nitrogen and oxygen atoms in total. The number of nitrogens with one attached hydrogen (secondary N) is 1. The van der Waals surface area contributed by atoms with E-state index in [0.717, 1.165) is 0 Å². The van der Waals surface area contributed by atoms with Gasteiger partial charge < -0.3 is 10.4 Å². The zero-order chi connectivity index (χ0) is 7.68. The van der Waals surface area contributed by atoms with Crippen LogP contribution in [0.3, 0.4) is 0 Å². The molecule has 0 saturated carbocycles. The summed E-state index contributed by atoms with van der Waals surface area (Å²) < 4.78 is 0. The molecule has 2 heterocycles. The zero-order valence-corrected chi connectivity index (χ0v) is 5.60. The number of aliphatic imine (C=N–C) groups is 1. The van der Waals surface area contributed by atoms with Crippen LogP contribution >= 0.6 is 0 Å². The Morgan fingerprint density at radius 1 is 1.55 bits per heavy atom. The summed E-state index contributed by atoms with van der Waals surface area (Å²) in [6, 6.07) is 0. The van der Waals surface area contributed by atoms with E-state index in [2.05, 4.69) is 20.3 Å². The van der Waals surface area contributed by atoms with Gasteiger partial charge in [0.05, 0.1) is 11.9 Å². The molecule has 56 valence electrons. The fourth-order valence-electron chi connectivity index (χ4n) is 0.899. The maximum atomic E-state index is 9.24. The number of anilines is 1. The van der Waals surface area contributed by atoms with Crippen molar-refractivity contribution in [2.75, 3.05) is 5.32 Å². The Bertz CT molecular complexity index is 298. The van der Waals surface area contributed by atoms with Crippen molar-refractivity contribution in [2.24, 2.45) is 4.99 Å². The highest BCUT2D eigenvalue weighted by Gasteiger charge is 2.14. The minimum Gasteiger partial charge on any atom is -0.368 e. The quantitative estimate of drug-likeness (QED) is 0.542. The lowest BCUT2D eigenvalue weighted by atomic mass is 10.2. The summed E-state index contributed by atoms with van der Waals surface area (Å²) in [7, 11) is 0. The molecular weight excluding hydrogens is 144 g/mol. The van der Waals surface area contributed by atoms with E-state index in [0.29, 0.717) is 11.4 Å². The van der Waals surface area contributed by atoms with Gasteiger partial charge in [0.25, 0.3) is 0 Å². The summed E-state index contributed by atoms with van der Waals surface area (Å²) >= 11 is 0. The van der Waals surface area contributed by atoms with Crippen LogP contribution in [-0.4, -0.2) is 21.4 Å². The number of hydrogen-bond donors (Lipinski definition) is 2. The monoisotopic (exact) mass is 150 g/mol. The van der Waals surface area contributed by atoms with E-state index in [1.165, 1.54) is 18.9 Å². The zero-order valence-electron chi connectivity index (χ0n) is 5.60. The van der Waals surface area contributed by atoms with Crippen LogP contribution in [0.4, 0.5) is 5.82 Å². The van der Waals surface area contributed by atoms with Crippen molar-refractivity contribution in [2.45, 2.75) is 6.23 Å². The van der Waals surface area contributed by atoms with Gasteiger partial charge >= 0.3 is 0 Å². The number of hydrogen-bond acceptors (Lipinski definition) is 5. The summed E-state index contributed by atoms with van der Waals surface area (Å²) in [5, 5.41) is 12.0. The van der Waals surface area contributed by atoms with Crippen molar-refractivity contribution in [1.29, 1.82) is 0 Å². The minimum atomic E-state index is -0.826. The van der Waals surface area contributed by atoms with Crippen LogP contribution in [0.15, 0.2) is 17.5 Å². The standard InChI is InChI=1S/C6H6N4O/c11-6-4-1-7-2-8-5(4)9-3-10-6/h1-3,6,11H,(H,7,8,9,10)/t6-/m0/s1. The van der Waals surface area contributed by atoms with E-state index in [-0.39, 0.29) is 0 Å². The normalized spacial score (nSPS) is 20.6. The van der Waals surface area contributed by atoms with Crippen LogP contribution < -0.4 is 5.32 Å². The number of aromatic nitrogens is 2. The summed E-state index contributed by atoms with van der Waals surface area (Å²) in [5.41, 5.74) is 0.606. The number of rotatable bonds is 0. The SMILES string of the molecule is O[C@@H]1N=CNc2ncncc21. The first-order valence-electron chi connectivity index (χ1n) is 3.14. The van der Waals surface area contributed by atoms with Gasteiger partial charge in [0, 0.05) is 6.20 Å². The molecule has 0 bridgehead atoms. The molecule has 0 aliphatic carbocycles. The lowest BCUT2D eigenvalue weighted by Crippen LogP contribution is -2.11. The molecule has 11 heavy (non-hydrogen) atoms. The molecule has 5 heteroatoms. The molecule has 1 aliphatic rings. The van der Waals surface area contributed by atoms with Gasteiger partial charge in [-0.15, -0.1) is 0 Å². The van der Waals surface area contributed by atoms with Crippen LogP contribution in [0, 0.1) is 0 Å². The highest BCUT2D eigenvalue weighted by Crippen LogP contribution is 2.22. The molecule has 0 saturated heterocycles. The topological polar surface area (TPSA) is 70.4 Å². The third-order valence-corrected chi connectivity index (χ3v) is 1.44. The Morgan fingerprint density at radius 3 is 3.27 bits per heavy atom. The van der Waals surface area contributed by atoms with Crippen molar-refractivity contribution < 1.29 is 5.11 Å². The van der Waals surface area contributed by atoms with Crippen molar-refractivity contribution in [3.8, 4) is 0 Å². The van der Waals surface area contributed by atoms with Crippen molar-refractivity contribution >= 4 is 12.2 Å². The van der Waals surface area contributed by atoms with Crippen molar-refractivity contribution in [3.05, 3.63) is 18.1 Å². The number of aliphatic hydroxyl groups excluding tert-OH is 1. The molecule has 0 unspecified atom stereocenters. The summed E-state index contributed by atoms with van der Waals surface area (Å²) in [5.74, 6) is 0.613. The summed E-state index contributed by atoms with van der Waals surface area (Å²) in [6.07, 6.45) is 3.54. The molecule has 2 rings (SSSR count). The van der Waals surface area contributed by atoms with E-state index in [9.17, 15) is 5.11 Å². The van der Waals surface area contributed by atoms with Gasteiger partial charge in [-0.25, -0.2) is 15.0 Å². The van der Waals surface area contributed by atoms with Crippen LogP contribution in [0.5, 0.6) is 0 Å². The Kier molecular flexibility index (Phi) is 1.29. The molecule has 2 N–H and O–H groups in total. The van der Waals surface area contributed by atoms with Crippen LogP contribution in [-0.2, 0) is 0 Å². The number of aliphatic hydroxyl groups is 1. The van der Waals surface area contributed by atoms with E-state index in [4.69, 9.17) is 0 Å². The van der Waals surface area contributed by atoms with Crippen LogP contribution in [0.25, 0.3) is 0 Å². The smallest absolute Gasteiger partial charge is 0.178 e. The fourth-order valence-corrected chi connectivity index (χ4v) is 0.899. The fraction of sp³-hybridized carbons (Fsp3) is 0.167. The first-order chi connectivity index (χ1) is 5.38. The van der Waals surface area contributed by atoms with Crippen molar-refractivity contribution in [1.82, 2.24) is 9.97 Å². The Hall–Kier alpha value is -1.49. The largest absolute Gasteiger partial charge is 0.368 e. The minimum absolute atomic E-state index is 0.606. The molecule has 1 aromatic rings. The average molecular weight is 150 g/mol. The molecule has 0 fully saturated rings. The van der Waals surface area contributed by atoms with Crippen LogP contribution in [0.2, 0.25) is 0 Å². The van der Waals surface area contributed by atoms with E-state index >= 15 is 0 Å². The van der Waals surface area contributed by atoms with Gasteiger partial charge in [0.2, 0.25) is 0 Å². The van der Waals surface area contributed by atoms with E-state index in [1.54, 1.807) is 0 Å². The maximum absolute atomic E-state index is 9.24. The second-order valence-electron chi connectivity index (χ2n) is 2.12. The molecule has 0 amide bonds. The second-order valence-corrected chi connectivity index (χ2v) is 2.12. The summed E-state index contributed by atoms with van der Waals surface area (Å²) in [4.78, 5) is 11.4. The van der Waals surface area contributed by atoms with Gasteiger partial charge in [-0.05, 0) is 0 Å². The van der Waals surface area contributed by atoms with Crippen LogP contribution in [0.1, 0.15) is 11.8 Å². The Morgan fingerprint density at radius 2 is 2.45 bits per heavy atom. The predicted molar refractivity (Wildman–Crippen MR) is 39.1 cm³/mol. The van der Waals surface area contributed by atoms with E-state index < -0.39 is 6.23 Å². The average Bonchev–Trinajstić information content (AvgIpc) is 2.06. The first kappa shape index (κ1) is 6.23. The molecule has 0 spiro atoms. The molecular formula is C6H6N4O. The van der Waals surface area contributed by atoms with Crippen molar-refractivity contribution in [3.63, 3.8) is 0 Å². The molecule has 0 radical (unpaired) electrons. The Labute approximate surface area is 62.8 Å². The third kappa shape index (κ3) is 0.947. The molecule has 1 atom stereocenters. The molecule has 0 aromatic carbocycles. The second kappa shape index (κ2) is 2.28. The third-order valence-electron chi connectivity index (χ3n) is 1.44. The van der Waals surface area contributed by atoms with Gasteiger partial charge in [-0.2, -0.15) is 0 Å². The molecule has 1 aliphatic heterocycles. The first-order valence-corrected chi connectivity index (χ1v) is 3.14. The maximum Gasteiger partial charge on any atom is 0.178 e. The number of fused-ring (bicyclic) bond motifs is 1. The van der Waals surface area contributed by atoms with Gasteiger partial charge in [-0.1, -0.05) is 0 Å². The highest BCUT2D eigenvalue weighted by molar-refractivity contribution is 5.77. The Balaban J connectivity index is 2.50.